The molecule has 0 aliphatic heterocycles. The molecule has 0 radical (unpaired) electrons. The number of allylic oxidation sites excluding steroid dienone is 2. The van der Waals surface area contributed by atoms with Crippen molar-refractivity contribution in [2.75, 3.05) is 0 Å². The van der Waals surface area contributed by atoms with Gasteiger partial charge in [0.25, 0.3) is 0 Å². The van der Waals surface area contributed by atoms with Crippen molar-refractivity contribution in [3.63, 3.8) is 0 Å². The Balaban J connectivity index is 2.31. The van der Waals surface area contributed by atoms with Crippen molar-refractivity contribution < 1.29 is 24.6 Å². The quantitative estimate of drug-likeness (QED) is 0.793. The van der Waals surface area contributed by atoms with Gasteiger partial charge >= 0.3 is 11.9 Å². The molecule has 1 aromatic carbocycles. The van der Waals surface area contributed by atoms with Gasteiger partial charge in [-0.2, -0.15) is 0 Å². The Morgan fingerprint density at radius 1 is 0.850 bits per heavy atom. The van der Waals surface area contributed by atoms with Crippen LogP contribution in [0.1, 0.15) is 11.1 Å². The zero-order valence-electron chi connectivity index (χ0n) is 10.1. The molecule has 0 unspecified atom stereocenters. The molecule has 0 amide bonds. The molecule has 98 valence electrons. The second-order valence-corrected chi connectivity index (χ2v) is 4.43. The van der Waals surface area contributed by atoms with Gasteiger partial charge in [0, 0.05) is 0 Å². The average molecular weight is 268 g/mol. The SMILES string of the molecule is O=C(O)C1=C(C(=O)O)C2=Cc3ccccc3C2=CC1=O. The summed E-state index contributed by atoms with van der Waals surface area (Å²) in [5, 5.41) is 18.3. The third-order valence-electron chi connectivity index (χ3n) is 3.31. The van der Waals surface area contributed by atoms with Crippen LogP contribution in [0.15, 0.2) is 47.1 Å². The van der Waals surface area contributed by atoms with Crippen molar-refractivity contribution in [3.05, 3.63) is 58.2 Å². The molecule has 1 aromatic rings. The third kappa shape index (κ3) is 1.53. The molecule has 0 saturated heterocycles. The summed E-state index contributed by atoms with van der Waals surface area (Å²) in [6.07, 6.45) is 2.79. The van der Waals surface area contributed by atoms with Gasteiger partial charge in [-0.1, -0.05) is 24.3 Å². The summed E-state index contributed by atoms with van der Waals surface area (Å²) in [5.74, 6) is -3.74. The van der Waals surface area contributed by atoms with E-state index in [9.17, 15) is 19.5 Å². The van der Waals surface area contributed by atoms with E-state index in [0.29, 0.717) is 5.57 Å². The second kappa shape index (κ2) is 4.03. The standard InChI is InChI=1S/C15H8O5/c16-11-6-9-8-4-2-1-3-7(8)5-10(9)12(14(17)18)13(11)15(19)20/h1-6H,(H,17,18)(H,19,20). The number of hydrogen-bond acceptors (Lipinski definition) is 3. The van der Waals surface area contributed by atoms with E-state index in [-0.39, 0.29) is 5.57 Å². The molecule has 20 heavy (non-hydrogen) atoms. The third-order valence-corrected chi connectivity index (χ3v) is 3.31. The fraction of sp³-hybridized carbons (Fsp3) is 0. The van der Waals surface area contributed by atoms with Gasteiger partial charge in [-0.15, -0.1) is 0 Å². The summed E-state index contributed by atoms with van der Waals surface area (Å²) >= 11 is 0. The molecule has 2 aliphatic rings. The molecule has 0 saturated carbocycles. The molecule has 5 heteroatoms. The van der Waals surface area contributed by atoms with Crippen LogP contribution < -0.4 is 0 Å². The zero-order valence-corrected chi connectivity index (χ0v) is 10.1. The van der Waals surface area contributed by atoms with Crippen LogP contribution in [0.3, 0.4) is 0 Å². The normalized spacial score (nSPS) is 16.3. The smallest absolute Gasteiger partial charge is 0.340 e. The first kappa shape index (κ1) is 12.1. The predicted molar refractivity (Wildman–Crippen MR) is 69.7 cm³/mol. The largest absolute Gasteiger partial charge is 0.478 e. The lowest BCUT2D eigenvalue weighted by Gasteiger charge is -2.15. The molecule has 0 spiro atoms. The first-order valence-corrected chi connectivity index (χ1v) is 5.79. The average Bonchev–Trinajstić information content (AvgIpc) is 2.74. The van der Waals surface area contributed by atoms with Crippen LogP contribution >= 0.6 is 0 Å². The highest BCUT2D eigenvalue weighted by molar-refractivity contribution is 6.32. The minimum absolute atomic E-state index is 0.274. The minimum atomic E-state index is -1.53. The van der Waals surface area contributed by atoms with E-state index in [0.717, 1.165) is 11.1 Å². The van der Waals surface area contributed by atoms with E-state index in [2.05, 4.69) is 0 Å². The van der Waals surface area contributed by atoms with Crippen molar-refractivity contribution in [2.24, 2.45) is 0 Å². The van der Waals surface area contributed by atoms with Crippen LogP contribution in [0.25, 0.3) is 11.6 Å². The number of fused-ring (bicyclic) bond motifs is 3. The number of carbonyl (C=O) groups excluding carboxylic acids is 1. The van der Waals surface area contributed by atoms with Gasteiger partial charge in [0.15, 0.2) is 5.78 Å². The first-order chi connectivity index (χ1) is 9.50. The molecule has 2 N–H and O–H groups in total. The summed E-state index contributed by atoms with van der Waals surface area (Å²) in [6, 6.07) is 7.12. The number of aliphatic carboxylic acids is 2. The topological polar surface area (TPSA) is 91.7 Å². The Morgan fingerprint density at radius 2 is 1.50 bits per heavy atom. The number of benzene rings is 1. The monoisotopic (exact) mass is 268 g/mol. The maximum absolute atomic E-state index is 11.9. The highest BCUT2D eigenvalue weighted by atomic mass is 16.4. The van der Waals surface area contributed by atoms with E-state index in [1.165, 1.54) is 6.08 Å². The molecule has 0 fully saturated rings. The van der Waals surface area contributed by atoms with Crippen molar-refractivity contribution in [1.82, 2.24) is 0 Å². The number of ketones is 1. The van der Waals surface area contributed by atoms with Crippen LogP contribution in [0.4, 0.5) is 0 Å². The molecule has 3 rings (SSSR count). The van der Waals surface area contributed by atoms with Crippen molar-refractivity contribution in [1.29, 1.82) is 0 Å². The summed E-state index contributed by atoms with van der Waals surface area (Å²) in [7, 11) is 0. The van der Waals surface area contributed by atoms with Crippen LogP contribution in [0.5, 0.6) is 0 Å². The Labute approximate surface area is 113 Å². The maximum atomic E-state index is 11.9. The summed E-state index contributed by atoms with van der Waals surface area (Å²) < 4.78 is 0. The minimum Gasteiger partial charge on any atom is -0.478 e. The van der Waals surface area contributed by atoms with Crippen LogP contribution in [-0.4, -0.2) is 27.9 Å². The lowest BCUT2D eigenvalue weighted by molar-refractivity contribution is -0.137. The predicted octanol–water partition coefficient (Wildman–Crippen LogP) is 1.52. The van der Waals surface area contributed by atoms with Crippen molar-refractivity contribution in [3.8, 4) is 0 Å². The van der Waals surface area contributed by atoms with E-state index in [1.54, 1.807) is 30.3 Å². The van der Waals surface area contributed by atoms with Crippen LogP contribution in [-0.2, 0) is 14.4 Å². The Bertz CT molecular complexity index is 777. The van der Waals surface area contributed by atoms with Crippen molar-refractivity contribution >= 4 is 29.4 Å². The number of rotatable bonds is 2. The van der Waals surface area contributed by atoms with Gasteiger partial charge < -0.3 is 10.2 Å². The van der Waals surface area contributed by atoms with Gasteiger partial charge in [0.1, 0.15) is 5.57 Å². The zero-order chi connectivity index (χ0) is 14.4. The first-order valence-electron chi connectivity index (χ1n) is 5.79. The summed E-state index contributed by atoms with van der Waals surface area (Å²) in [4.78, 5) is 34.4. The van der Waals surface area contributed by atoms with Crippen LogP contribution in [0.2, 0.25) is 0 Å². The maximum Gasteiger partial charge on any atom is 0.340 e. The summed E-state index contributed by atoms with van der Waals surface area (Å²) in [6.45, 7) is 0. The van der Waals surface area contributed by atoms with E-state index < -0.39 is 28.9 Å². The molecular weight excluding hydrogens is 260 g/mol. The molecule has 0 atom stereocenters. The van der Waals surface area contributed by atoms with Crippen LogP contribution in [0, 0.1) is 0 Å². The Morgan fingerprint density at radius 3 is 2.15 bits per heavy atom. The molecule has 0 heterocycles. The Kier molecular flexibility index (Phi) is 2.44. The van der Waals surface area contributed by atoms with E-state index >= 15 is 0 Å². The number of hydrogen-bond donors (Lipinski definition) is 2. The lowest BCUT2D eigenvalue weighted by atomic mass is 9.86. The van der Waals surface area contributed by atoms with Gasteiger partial charge in [0.05, 0.1) is 5.57 Å². The summed E-state index contributed by atoms with van der Waals surface area (Å²) in [5.41, 5.74) is 1.10. The highest BCUT2D eigenvalue weighted by Crippen LogP contribution is 2.42. The number of carbonyl (C=O) groups is 3. The lowest BCUT2D eigenvalue weighted by Crippen LogP contribution is -2.22. The number of carboxylic acids is 2. The van der Waals surface area contributed by atoms with Gasteiger partial charge in [-0.05, 0) is 34.4 Å². The fourth-order valence-electron chi connectivity index (χ4n) is 2.50. The fourth-order valence-corrected chi connectivity index (χ4v) is 2.50. The van der Waals surface area contributed by atoms with Gasteiger partial charge in [0.2, 0.25) is 0 Å². The van der Waals surface area contributed by atoms with E-state index in [4.69, 9.17) is 5.11 Å². The van der Waals surface area contributed by atoms with Gasteiger partial charge in [-0.3, -0.25) is 4.79 Å². The second-order valence-electron chi connectivity index (χ2n) is 4.43. The van der Waals surface area contributed by atoms with Crippen molar-refractivity contribution in [2.45, 2.75) is 0 Å². The molecule has 2 aliphatic carbocycles. The molecule has 5 nitrogen and oxygen atoms in total. The number of carboxylic acid groups (broad SMARTS) is 2. The molecule has 0 bridgehead atoms. The van der Waals surface area contributed by atoms with E-state index in [1.807, 2.05) is 0 Å². The van der Waals surface area contributed by atoms with Gasteiger partial charge in [-0.25, -0.2) is 9.59 Å². The highest BCUT2D eigenvalue weighted by Gasteiger charge is 2.36. The molecule has 0 aromatic heterocycles. The molecular formula is C15H8O5. The Hall–Kier alpha value is -2.95.